The molecule has 1 atom stereocenters. The predicted octanol–water partition coefficient (Wildman–Crippen LogP) is 0.0489. The van der Waals surface area contributed by atoms with Crippen LogP contribution in [0, 0.1) is 0 Å². The average Bonchev–Trinajstić information content (AvgIpc) is 2.90. The van der Waals surface area contributed by atoms with Gasteiger partial charge in [-0.15, -0.1) is 11.3 Å². The lowest BCUT2D eigenvalue weighted by Gasteiger charge is -2.13. The fraction of sp³-hybridized carbons (Fsp3) is 0.214. The van der Waals surface area contributed by atoms with Gasteiger partial charge in [-0.1, -0.05) is 12.1 Å². The highest BCUT2D eigenvalue weighted by Crippen LogP contribution is 2.13. The highest BCUT2D eigenvalue weighted by atomic mass is 32.2. The van der Waals surface area contributed by atoms with Crippen molar-refractivity contribution < 1.29 is 18.1 Å². The van der Waals surface area contributed by atoms with Crippen LogP contribution < -0.4 is 15.4 Å². The molecule has 118 valence electrons. The molecule has 0 aliphatic rings. The van der Waals surface area contributed by atoms with Gasteiger partial charge in [0.25, 0.3) is 5.91 Å². The lowest BCUT2D eigenvalue weighted by atomic mass is 10.3. The van der Waals surface area contributed by atoms with Gasteiger partial charge in [0.1, 0.15) is 6.54 Å². The van der Waals surface area contributed by atoms with Crippen LogP contribution in [0.2, 0.25) is 0 Å². The number of nitrogens with two attached hydrogens (primary N) is 1. The molecule has 22 heavy (non-hydrogen) atoms. The molecule has 8 heteroatoms. The summed E-state index contributed by atoms with van der Waals surface area (Å²) in [5.74, 6) is -0.180. The third-order valence-corrected chi connectivity index (χ3v) is 4.75. The van der Waals surface area contributed by atoms with Crippen molar-refractivity contribution in [1.29, 1.82) is 0 Å². The van der Waals surface area contributed by atoms with E-state index >= 15 is 0 Å². The van der Waals surface area contributed by atoms with E-state index in [0.29, 0.717) is 5.69 Å². The first kappa shape index (κ1) is 16.6. The molecule has 1 heterocycles. The van der Waals surface area contributed by atoms with E-state index in [0.717, 1.165) is 11.4 Å². The number of rotatable bonds is 6. The summed E-state index contributed by atoms with van der Waals surface area (Å²) >= 11 is 1.65. The second kappa shape index (κ2) is 7.01. The Morgan fingerprint density at radius 1 is 1.32 bits per heavy atom. The first-order chi connectivity index (χ1) is 10.3. The van der Waals surface area contributed by atoms with Crippen molar-refractivity contribution in [3.63, 3.8) is 0 Å². The van der Waals surface area contributed by atoms with Crippen LogP contribution in [0.3, 0.4) is 0 Å². The maximum Gasteiger partial charge on any atom is 0.279 e. The van der Waals surface area contributed by atoms with Crippen LogP contribution in [0.25, 0.3) is 0 Å². The summed E-state index contributed by atoms with van der Waals surface area (Å²) in [6, 6.07) is 9.91. The Morgan fingerprint density at radius 3 is 2.73 bits per heavy atom. The molecule has 1 unspecified atom stereocenters. The molecule has 0 aliphatic heterocycles. The minimum atomic E-state index is -3.77. The van der Waals surface area contributed by atoms with Crippen LogP contribution in [0.1, 0.15) is 4.88 Å². The smallest absolute Gasteiger partial charge is 0.279 e. The van der Waals surface area contributed by atoms with Crippen molar-refractivity contribution in [1.82, 2.24) is 0 Å². The average molecular weight is 340 g/mol. The normalized spacial score (nSPS) is 12.8. The van der Waals surface area contributed by atoms with Gasteiger partial charge >= 0.3 is 0 Å². The molecule has 0 aliphatic carbocycles. The second-order valence-corrected chi connectivity index (χ2v) is 7.60. The SMILES string of the molecule is C[NH+](CC(=O)Nc1cccc(S(N)(=O)=O)c1)Cc1cccs1. The number of likely N-dealkylation sites (N-methyl/N-ethyl adjacent to an activating group) is 1. The van der Waals surface area contributed by atoms with Crippen LogP contribution >= 0.6 is 11.3 Å². The first-order valence-corrected chi connectivity index (χ1v) is 9.03. The maximum absolute atomic E-state index is 12.0. The van der Waals surface area contributed by atoms with Gasteiger partial charge < -0.3 is 10.2 Å². The van der Waals surface area contributed by atoms with E-state index in [1.807, 2.05) is 24.6 Å². The van der Waals surface area contributed by atoms with Gasteiger partial charge in [0.15, 0.2) is 6.54 Å². The Balaban J connectivity index is 1.94. The molecular formula is C14H18N3O3S2+. The quantitative estimate of drug-likeness (QED) is 0.693. The number of primary sulfonamides is 1. The number of sulfonamides is 1. The van der Waals surface area contributed by atoms with Crippen molar-refractivity contribution in [3.8, 4) is 0 Å². The van der Waals surface area contributed by atoms with Gasteiger partial charge in [0, 0.05) is 5.69 Å². The van der Waals surface area contributed by atoms with E-state index in [9.17, 15) is 13.2 Å². The van der Waals surface area contributed by atoms with Crippen molar-refractivity contribution in [2.45, 2.75) is 11.4 Å². The molecule has 0 radical (unpaired) electrons. The van der Waals surface area contributed by atoms with Gasteiger partial charge in [-0.05, 0) is 29.6 Å². The number of quaternary nitrogens is 1. The molecule has 6 nitrogen and oxygen atoms in total. The number of amides is 1. The van der Waals surface area contributed by atoms with Crippen LogP contribution in [-0.2, 0) is 21.4 Å². The Morgan fingerprint density at radius 2 is 2.09 bits per heavy atom. The molecule has 0 saturated carbocycles. The van der Waals surface area contributed by atoms with Crippen molar-refractivity contribution >= 4 is 33.0 Å². The van der Waals surface area contributed by atoms with Gasteiger partial charge in [0.2, 0.25) is 10.0 Å². The molecule has 0 saturated heterocycles. The number of anilines is 1. The minimum Gasteiger partial charge on any atom is -0.325 e. The highest BCUT2D eigenvalue weighted by Gasteiger charge is 2.13. The summed E-state index contributed by atoms with van der Waals surface area (Å²) in [5, 5.41) is 9.76. The Hall–Kier alpha value is -1.74. The molecular weight excluding hydrogens is 322 g/mol. The zero-order valence-electron chi connectivity index (χ0n) is 12.1. The van der Waals surface area contributed by atoms with Gasteiger partial charge in [0.05, 0.1) is 16.8 Å². The second-order valence-electron chi connectivity index (χ2n) is 5.01. The van der Waals surface area contributed by atoms with E-state index in [2.05, 4.69) is 5.32 Å². The van der Waals surface area contributed by atoms with E-state index in [4.69, 9.17) is 5.14 Å². The Kier molecular flexibility index (Phi) is 5.30. The molecule has 1 aromatic carbocycles. The standard InChI is InChI=1S/C14H17N3O3S2/c1-17(9-12-5-3-7-21-12)10-14(18)16-11-4-2-6-13(8-11)22(15,19)20/h2-8H,9-10H2,1H3,(H,16,18)(H2,15,19,20)/p+1. The summed E-state index contributed by atoms with van der Waals surface area (Å²) in [5.41, 5.74) is 0.417. The number of nitrogens with one attached hydrogen (secondary N) is 2. The Bertz CT molecular complexity index is 742. The molecule has 4 N–H and O–H groups in total. The number of thiophene rings is 1. The summed E-state index contributed by atoms with van der Waals surface area (Å²) < 4.78 is 22.6. The minimum absolute atomic E-state index is 0.0235. The van der Waals surface area contributed by atoms with E-state index < -0.39 is 10.0 Å². The van der Waals surface area contributed by atoms with Gasteiger partial charge in [-0.3, -0.25) is 4.79 Å². The van der Waals surface area contributed by atoms with Gasteiger partial charge in [-0.2, -0.15) is 0 Å². The molecule has 1 aromatic heterocycles. The van der Waals surface area contributed by atoms with Crippen LogP contribution in [0.15, 0.2) is 46.7 Å². The van der Waals surface area contributed by atoms with Crippen LogP contribution in [-0.4, -0.2) is 27.9 Å². The summed E-state index contributed by atoms with van der Waals surface area (Å²) in [6.45, 7) is 1.06. The van der Waals surface area contributed by atoms with Crippen molar-refractivity contribution in [2.24, 2.45) is 5.14 Å². The third-order valence-electron chi connectivity index (χ3n) is 2.96. The number of carbonyl (C=O) groups is 1. The van der Waals surface area contributed by atoms with E-state index in [1.165, 1.54) is 23.1 Å². The monoisotopic (exact) mass is 340 g/mol. The van der Waals surface area contributed by atoms with Crippen LogP contribution in [0.4, 0.5) is 5.69 Å². The summed E-state index contributed by atoms with van der Waals surface area (Å²) in [4.78, 5) is 14.2. The number of hydrogen-bond donors (Lipinski definition) is 3. The molecule has 0 spiro atoms. The zero-order chi connectivity index (χ0) is 16.2. The first-order valence-electron chi connectivity index (χ1n) is 6.61. The number of hydrogen-bond acceptors (Lipinski definition) is 4. The lowest BCUT2D eigenvalue weighted by molar-refractivity contribution is -0.884. The number of carbonyl (C=O) groups excluding carboxylic acids is 1. The van der Waals surface area contributed by atoms with E-state index in [1.54, 1.807) is 17.4 Å². The Labute approximate surface area is 133 Å². The molecule has 0 bridgehead atoms. The number of benzene rings is 1. The zero-order valence-corrected chi connectivity index (χ0v) is 13.7. The van der Waals surface area contributed by atoms with E-state index in [-0.39, 0.29) is 17.3 Å². The summed E-state index contributed by atoms with van der Waals surface area (Å²) in [7, 11) is -1.84. The predicted molar refractivity (Wildman–Crippen MR) is 86.2 cm³/mol. The maximum atomic E-state index is 12.0. The highest BCUT2D eigenvalue weighted by molar-refractivity contribution is 7.89. The topological polar surface area (TPSA) is 93.7 Å². The molecule has 0 fully saturated rings. The lowest BCUT2D eigenvalue weighted by Crippen LogP contribution is -3.08. The fourth-order valence-electron chi connectivity index (χ4n) is 2.00. The fourth-order valence-corrected chi connectivity index (χ4v) is 3.38. The molecule has 2 aromatic rings. The van der Waals surface area contributed by atoms with Gasteiger partial charge in [-0.25, -0.2) is 13.6 Å². The van der Waals surface area contributed by atoms with Crippen molar-refractivity contribution in [3.05, 3.63) is 46.7 Å². The molecule has 2 rings (SSSR count). The largest absolute Gasteiger partial charge is 0.325 e. The van der Waals surface area contributed by atoms with Crippen LogP contribution in [0.5, 0.6) is 0 Å². The van der Waals surface area contributed by atoms with Crippen molar-refractivity contribution in [2.75, 3.05) is 18.9 Å². The molecule has 1 amide bonds. The summed E-state index contributed by atoms with van der Waals surface area (Å²) in [6.07, 6.45) is 0. The third kappa shape index (κ3) is 4.92.